The minimum atomic E-state index is -0.362. The van der Waals surface area contributed by atoms with Crippen molar-refractivity contribution in [1.82, 2.24) is 0 Å². The Bertz CT molecular complexity index is 951. The number of esters is 1. The number of aliphatic hydroxyl groups is 1. The van der Waals surface area contributed by atoms with Crippen LogP contribution in [-0.2, 0) is 9.53 Å². The van der Waals surface area contributed by atoms with Crippen LogP contribution in [0.1, 0.15) is 113 Å². The first-order chi connectivity index (χ1) is 16.1. The number of ether oxygens (including phenoxy) is 1. The molecule has 0 amide bonds. The van der Waals surface area contributed by atoms with Gasteiger partial charge in [-0.15, -0.1) is 0 Å². The molecule has 4 fully saturated rings. The van der Waals surface area contributed by atoms with E-state index in [1.54, 1.807) is 12.7 Å². The molecule has 5 aliphatic carbocycles. The van der Waals surface area contributed by atoms with E-state index in [0.29, 0.717) is 11.8 Å². The molecule has 0 bridgehead atoms. The number of methoxy groups -OCH3 is 1. The largest absolute Gasteiger partial charge is 0.469 e. The number of carbonyl (C=O) groups excluding carboxylic acids is 1. The minimum absolute atomic E-state index is 0.0267. The predicted molar refractivity (Wildman–Crippen MR) is 145 cm³/mol. The fourth-order valence-corrected chi connectivity index (χ4v) is 11.9. The van der Waals surface area contributed by atoms with Gasteiger partial charge in [0.25, 0.3) is 0 Å². The molecule has 0 aliphatic heterocycles. The van der Waals surface area contributed by atoms with Crippen LogP contribution < -0.4 is 0 Å². The number of halogens is 1. The zero-order valence-electron chi connectivity index (χ0n) is 23.5. The summed E-state index contributed by atoms with van der Waals surface area (Å²) in [7, 11) is 1.59. The van der Waals surface area contributed by atoms with Crippen molar-refractivity contribution in [3.05, 3.63) is 10.1 Å². The summed E-state index contributed by atoms with van der Waals surface area (Å²) in [4.78, 5) is 13.4. The second-order valence-corrected chi connectivity index (χ2v) is 16.3. The van der Waals surface area contributed by atoms with Gasteiger partial charge in [-0.05, 0) is 119 Å². The summed E-state index contributed by atoms with van der Waals surface area (Å²) in [5.41, 5.74) is 1.92. The molecule has 0 aromatic carbocycles. The molecule has 0 saturated heterocycles. The van der Waals surface area contributed by atoms with Gasteiger partial charge in [0, 0.05) is 0 Å². The van der Waals surface area contributed by atoms with Crippen molar-refractivity contribution in [3.63, 3.8) is 0 Å². The van der Waals surface area contributed by atoms with E-state index in [-0.39, 0.29) is 50.5 Å². The average molecular weight is 550 g/mol. The summed E-state index contributed by atoms with van der Waals surface area (Å²) >= 11 is 4.21. The van der Waals surface area contributed by atoms with E-state index < -0.39 is 0 Å². The molecule has 198 valence electrons. The number of hydrogen-bond donors (Lipinski definition) is 1. The lowest BCUT2D eigenvalue weighted by Gasteiger charge is -2.71. The van der Waals surface area contributed by atoms with Gasteiger partial charge in [-0.1, -0.05) is 64.4 Å². The van der Waals surface area contributed by atoms with Crippen LogP contribution in [0.4, 0.5) is 0 Å². The van der Waals surface area contributed by atoms with E-state index in [9.17, 15) is 9.90 Å². The first kappa shape index (κ1) is 26.3. The van der Waals surface area contributed by atoms with Crippen molar-refractivity contribution in [2.24, 2.45) is 50.2 Å². The third-order valence-corrected chi connectivity index (χ3v) is 14.0. The van der Waals surface area contributed by atoms with Crippen molar-refractivity contribution in [2.45, 2.75) is 119 Å². The molecule has 0 aromatic rings. The fourth-order valence-electron chi connectivity index (χ4n) is 10.8. The number of aliphatic hydroxyl groups excluding tert-OH is 1. The molecule has 1 N–H and O–H groups in total. The quantitative estimate of drug-likeness (QED) is 0.337. The molecule has 0 spiro atoms. The Balaban J connectivity index is 1.64. The zero-order valence-corrected chi connectivity index (χ0v) is 25.1. The molecule has 5 rings (SSSR count). The summed E-state index contributed by atoms with van der Waals surface area (Å²) in [6, 6.07) is 0. The van der Waals surface area contributed by atoms with Crippen LogP contribution in [0.15, 0.2) is 10.1 Å². The summed E-state index contributed by atoms with van der Waals surface area (Å²) in [5.74, 6) is 1.43. The average Bonchev–Trinajstić information content (AvgIpc) is 2.77. The van der Waals surface area contributed by atoms with Crippen LogP contribution in [0.2, 0.25) is 0 Å². The summed E-state index contributed by atoms with van der Waals surface area (Å²) in [5, 5.41) is 11.0. The van der Waals surface area contributed by atoms with E-state index in [1.165, 1.54) is 17.3 Å². The number of carbonyl (C=O) groups is 1. The van der Waals surface area contributed by atoms with Crippen LogP contribution in [0, 0.1) is 50.2 Å². The molecule has 0 aromatic heterocycles. The number of allylic oxidation sites excluding steroid dienone is 2. The van der Waals surface area contributed by atoms with Gasteiger partial charge in [0.2, 0.25) is 0 Å². The Morgan fingerprint density at radius 3 is 2.23 bits per heavy atom. The lowest BCUT2D eigenvalue weighted by atomic mass is 9.33. The number of fused-ring (bicyclic) bond motifs is 7. The second-order valence-electron chi connectivity index (χ2n) is 15.4. The van der Waals surface area contributed by atoms with Crippen molar-refractivity contribution in [1.29, 1.82) is 0 Å². The lowest BCUT2D eigenvalue weighted by molar-refractivity contribution is -0.206. The molecule has 5 aliphatic rings. The van der Waals surface area contributed by atoms with Crippen molar-refractivity contribution in [3.8, 4) is 0 Å². The Labute approximate surface area is 222 Å². The summed E-state index contributed by atoms with van der Waals surface area (Å²) in [6.45, 7) is 17.2. The highest BCUT2D eigenvalue weighted by atomic mass is 79.9. The predicted octanol–water partition coefficient (Wildman–Crippen LogP) is 8.04. The zero-order chi connectivity index (χ0) is 25.8. The Hall–Kier alpha value is -0.350. The fraction of sp³-hybridized carbons (Fsp3) is 0.903. The van der Waals surface area contributed by atoms with Gasteiger partial charge in [-0.3, -0.25) is 4.79 Å². The van der Waals surface area contributed by atoms with Crippen molar-refractivity contribution >= 4 is 21.9 Å². The maximum absolute atomic E-state index is 13.4. The highest BCUT2D eigenvalue weighted by Crippen LogP contribution is 2.77. The van der Waals surface area contributed by atoms with Gasteiger partial charge in [-0.2, -0.15) is 0 Å². The number of rotatable bonds is 1. The van der Waals surface area contributed by atoms with Crippen LogP contribution in [0.3, 0.4) is 0 Å². The molecule has 8 atom stereocenters. The standard InChI is InChI=1S/C31H49BrO3/c1-26(2)13-15-31(25(34)35-8)16-14-30(7)24(19(31)18-26)20(32)17-22-28(5)11-10-23(33)27(3,4)21(28)9-12-29(22,30)6/h19,21-23,33H,9-18H2,1-8H3/t19-,21-,22?,23-,28-,29+,30+,31-/m0/s1. The number of hydrogen-bond acceptors (Lipinski definition) is 3. The van der Waals surface area contributed by atoms with E-state index in [0.717, 1.165) is 51.4 Å². The molecular weight excluding hydrogens is 500 g/mol. The van der Waals surface area contributed by atoms with E-state index in [4.69, 9.17) is 4.74 Å². The van der Waals surface area contributed by atoms with Crippen LogP contribution in [0.25, 0.3) is 0 Å². The maximum atomic E-state index is 13.4. The van der Waals surface area contributed by atoms with E-state index in [2.05, 4.69) is 64.4 Å². The van der Waals surface area contributed by atoms with E-state index >= 15 is 0 Å². The first-order valence-electron chi connectivity index (χ1n) is 14.2. The first-order valence-corrected chi connectivity index (χ1v) is 15.0. The normalized spacial score (nSPS) is 50.3. The molecule has 0 radical (unpaired) electrons. The minimum Gasteiger partial charge on any atom is -0.469 e. The summed E-state index contributed by atoms with van der Waals surface area (Å²) in [6.07, 6.45) is 10.5. The molecule has 1 unspecified atom stereocenters. The van der Waals surface area contributed by atoms with Gasteiger partial charge in [-0.25, -0.2) is 0 Å². The lowest BCUT2D eigenvalue weighted by Crippen LogP contribution is -2.65. The van der Waals surface area contributed by atoms with Crippen molar-refractivity contribution < 1.29 is 14.6 Å². The SMILES string of the molecule is COC(=O)[C@]12CCC(C)(C)C[C@H]1C1=C(Br)CC3[C@@]4(C)CC[C@H](O)C(C)(C)[C@@H]4CC[C@@]3(C)[C@]1(C)CC2. The smallest absolute Gasteiger partial charge is 0.312 e. The third kappa shape index (κ3) is 3.26. The topological polar surface area (TPSA) is 46.5 Å². The van der Waals surface area contributed by atoms with Crippen LogP contribution in [-0.4, -0.2) is 24.3 Å². The molecular formula is C31H49BrO3. The molecule has 4 saturated carbocycles. The molecule has 4 heteroatoms. The van der Waals surface area contributed by atoms with Crippen molar-refractivity contribution in [2.75, 3.05) is 7.11 Å². The highest BCUT2D eigenvalue weighted by Gasteiger charge is 2.70. The Kier molecular flexibility index (Phi) is 5.88. The monoisotopic (exact) mass is 548 g/mol. The molecule has 35 heavy (non-hydrogen) atoms. The second kappa shape index (κ2) is 7.84. The van der Waals surface area contributed by atoms with Gasteiger partial charge < -0.3 is 9.84 Å². The van der Waals surface area contributed by atoms with E-state index in [1.807, 2.05) is 0 Å². The molecule has 3 nitrogen and oxygen atoms in total. The highest BCUT2D eigenvalue weighted by molar-refractivity contribution is 9.11. The Morgan fingerprint density at radius 2 is 1.57 bits per heavy atom. The Morgan fingerprint density at radius 1 is 0.914 bits per heavy atom. The summed E-state index contributed by atoms with van der Waals surface area (Å²) < 4.78 is 6.91. The van der Waals surface area contributed by atoms with Crippen LogP contribution >= 0.6 is 15.9 Å². The van der Waals surface area contributed by atoms with Crippen LogP contribution in [0.5, 0.6) is 0 Å². The van der Waals surface area contributed by atoms with Gasteiger partial charge in [0.1, 0.15) is 0 Å². The maximum Gasteiger partial charge on any atom is 0.312 e. The molecule has 0 heterocycles. The van der Waals surface area contributed by atoms with Gasteiger partial charge in [0.15, 0.2) is 0 Å². The van der Waals surface area contributed by atoms with Gasteiger partial charge >= 0.3 is 5.97 Å². The van der Waals surface area contributed by atoms with Gasteiger partial charge in [0.05, 0.1) is 18.6 Å². The third-order valence-electron chi connectivity index (χ3n) is 13.2.